The molecule has 104 valence electrons. The van der Waals surface area contributed by atoms with Crippen molar-refractivity contribution in [1.82, 2.24) is 9.88 Å². The van der Waals surface area contributed by atoms with Crippen molar-refractivity contribution in [2.75, 3.05) is 12.8 Å². The molecule has 0 saturated heterocycles. The average molecular weight is 273 g/mol. The largest absolute Gasteiger partial charge is 0.399 e. The number of carbonyl (C=O) groups is 1. The number of hydrogen-bond donors (Lipinski definition) is 1. The highest BCUT2D eigenvalue weighted by Crippen LogP contribution is 2.19. The lowest BCUT2D eigenvalue weighted by Gasteiger charge is -2.18. The maximum atomic E-state index is 14.0. The molecule has 0 fully saturated rings. The summed E-state index contributed by atoms with van der Waals surface area (Å²) in [7, 11) is 1.63. The summed E-state index contributed by atoms with van der Waals surface area (Å²) < 4.78 is 14.0. The number of nitrogens with zero attached hydrogens (tertiary/aromatic N) is 2. The van der Waals surface area contributed by atoms with Crippen LogP contribution in [0.25, 0.3) is 0 Å². The second-order valence-corrected chi connectivity index (χ2v) is 4.72. The van der Waals surface area contributed by atoms with Crippen LogP contribution in [0.4, 0.5) is 10.1 Å². The van der Waals surface area contributed by atoms with Crippen molar-refractivity contribution in [3.63, 3.8) is 0 Å². The Labute approximate surface area is 117 Å². The van der Waals surface area contributed by atoms with Crippen LogP contribution in [0.1, 0.15) is 21.5 Å². The number of hydrogen-bond acceptors (Lipinski definition) is 3. The van der Waals surface area contributed by atoms with Gasteiger partial charge in [-0.25, -0.2) is 4.39 Å². The molecule has 0 saturated carbocycles. The summed E-state index contributed by atoms with van der Waals surface area (Å²) in [6, 6.07) is 6.50. The fraction of sp³-hybridized carbons (Fsp3) is 0.200. The summed E-state index contributed by atoms with van der Waals surface area (Å²) >= 11 is 0. The van der Waals surface area contributed by atoms with Gasteiger partial charge in [0, 0.05) is 31.7 Å². The van der Waals surface area contributed by atoms with Gasteiger partial charge in [-0.1, -0.05) is 0 Å². The third-order valence-electron chi connectivity index (χ3n) is 3.02. The van der Waals surface area contributed by atoms with Crippen molar-refractivity contribution >= 4 is 11.6 Å². The standard InChI is InChI=1S/C15H16FN3O/c1-10-7-12(17)8-13(14(10)16)15(20)19(2)9-11-3-5-18-6-4-11/h3-8H,9,17H2,1-2H3. The first kappa shape index (κ1) is 14.0. The van der Waals surface area contributed by atoms with Crippen molar-refractivity contribution in [1.29, 1.82) is 0 Å². The second-order valence-electron chi connectivity index (χ2n) is 4.72. The van der Waals surface area contributed by atoms with Gasteiger partial charge in [0.15, 0.2) is 0 Å². The zero-order valence-corrected chi connectivity index (χ0v) is 11.4. The van der Waals surface area contributed by atoms with E-state index in [-0.39, 0.29) is 5.56 Å². The van der Waals surface area contributed by atoms with Gasteiger partial charge in [0.2, 0.25) is 0 Å². The molecule has 4 nitrogen and oxygen atoms in total. The molecule has 1 heterocycles. The minimum Gasteiger partial charge on any atom is -0.399 e. The van der Waals surface area contributed by atoms with Crippen molar-refractivity contribution < 1.29 is 9.18 Å². The molecule has 0 bridgehead atoms. The van der Waals surface area contributed by atoms with Crippen molar-refractivity contribution in [3.05, 3.63) is 59.2 Å². The molecule has 0 aliphatic rings. The molecular weight excluding hydrogens is 257 g/mol. The number of anilines is 1. The zero-order valence-electron chi connectivity index (χ0n) is 11.4. The van der Waals surface area contributed by atoms with E-state index in [1.807, 2.05) is 12.1 Å². The number of carbonyl (C=O) groups excluding carboxylic acids is 1. The van der Waals surface area contributed by atoms with E-state index in [1.54, 1.807) is 26.4 Å². The van der Waals surface area contributed by atoms with E-state index in [0.29, 0.717) is 17.8 Å². The van der Waals surface area contributed by atoms with Gasteiger partial charge in [-0.3, -0.25) is 9.78 Å². The first-order chi connectivity index (χ1) is 9.49. The Bertz CT molecular complexity index is 629. The average Bonchev–Trinajstić information content (AvgIpc) is 2.43. The number of nitrogens with two attached hydrogens (primary N) is 1. The third kappa shape index (κ3) is 2.93. The highest BCUT2D eigenvalue weighted by molar-refractivity contribution is 5.95. The van der Waals surface area contributed by atoms with Crippen LogP contribution in [0, 0.1) is 12.7 Å². The predicted octanol–water partition coefficient (Wildman–Crippen LogP) is 2.38. The normalized spacial score (nSPS) is 10.3. The molecule has 2 N–H and O–H groups in total. The van der Waals surface area contributed by atoms with Crippen LogP contribution in [0.5, 0.6) is 0 Å². The molecule has 0 aliphatic carbocycles. The molecule has 0 spiro atoms. The highest BCUT2D eigenvalue weighted by atomic mass is 19.1. The van der Waals surface area contributed by atoms with Crippen LogP contribution < -0.4 is 5.73 Å². The van der Waals surface area contributed by atoms with Crippen LogP contribution in [0.15, 0.2) is 36.7 Å². The molecule has 1 aromatic carbocycles. The fourth-order valence-corrected chi connectivity index (χ4v) is 1.99. The van der Waals surface area contributed by atoms with E-state index in [4.69, 9.17) is 5.73 Å². The lowest BCUT2D eigenvalue weighted by molar-refractivity contribution is 0.0780. The van der Waals surface area contributed by atoms with Crippen LogP contribution in [-0.4, -0.2) is 22.8 Å². The van der Waals surface area contributed by atoms with E-state index in [2.05, 4.69) is 4.98 Å². The second kappa shape index (κ2) is 5.69. The van der Waals surface area contributed by atoms with E-state index >= 15 is 0 Å². The number of halogens is 1. The van der Waals surface area contributed by atoms with Gasteiger partial charge in [-0.15, -0.1) is 0 Å². The Morgan fingerprint density at radius 3 is 2.65 bits per heavy atom. The number of pyridine rings is 1. The summed E-state index contributed by atoms with van der Waals surface area (Å²) in [5, 5.41) is 0. The van der Waals surface area contributed by atoms with Gasteiger partial charge in [-0.05, 0) is 42.3 Å². The van der Waals surface area contributed by atoms with Gasteiger partial charge >= 0.3 is 0 Å². The Balaban J connectivity index is 2.23. The third-order valence-corrected chi connectivity index (χ3v) is 3.02. The quantitative estimate of drug-likeness (QED) is 0.873. The Hall–Kier alpha value is -2.43. The first-order valence-corrected chi connectivity index (χ1v) is 6.19. The number of aryl methyl sites for hydroxylation is 1. The molecule has 1 amide bonds. The molecule has 5 heteroatoms. The summed E-state index contributed by atoms with van der Waals surface area (Å²) in [4.78, 5) is 17.7. The number of nitrogen functional groups attached to an aromatic ring is 1. The van der Waals surface area contributed by atoms with Gasteiger partial charge in [0.1, 0.15) is 5.82 Å². The van der Waals surface area contributed by atoms with E-state index in [9.17, 15) is 9.18 Å². The van der Waals surface area contributed by atoms with Crippen molar-refractivity contribution in [2.24, 2.45) is 0 Å². The van der Waals surface area contributed by atoms with Gasteiger partial charge in [0.25, 0.3) is 5.91 Å². The number of amides is 1. The topological polar surface area (TPSA) is 59.2 Å². The van der Waals surface area contributed by atoms with Crippen molar-refractivity contribution in [3.8, 4) is 0 Å². The number of aromatic nitrogens is 1. The van der Waals surface area contributed by atoms with Crippen LogP contribution in [-0.2, 0) is 6.54 Å². The number of rotatable bonds is 3. The summed E-state index contributed by atoms with van der Waals surface area (Å²) in [5.74, 6) is -0.916. The zero-order chi connectivity index (χ0) is 14.7. The Morgan fingerprint density at radius 1 is 1.35 bits per heavy atom. The summed E-state index contributed by atoms with van der Waals surface area (Å²) in [5.41, 5.74) is 7.35. The molecule has 2 aromatic rings. The molecule has 1 aromatic heterocycles. The van der Waals surface area contributed by atoms with Gasteiger partial charge in [-0.2, -0.15) is 0 Å². The summed E-state index contributed by atoms with van der Waals surface area (Å²) in [6.45, 7) is 1.97. The van der Waals surface area contributed by atoms with Crippen LogP contribution >= 0.6 is 0 Å². The highest BCUT2D eigenvalue weighted by Gasteiger charge is 2.18. The first-order valence-electron chi connectivity index (χ1n) is 6.19. The fourth-order valence-electron chi connectivity index (χ4n) is 1.99. The molecule has 20 heavy (non-hydrogen) atoms. The van der Waals surface area contributed by atoms with Gasteiger partial charge < -0.3 is 10.6 Å². The molecule has 0 radical (unpaired) electrons. The van der Waals surface area contributed by atoms with Crippen molar-refractivity contribution in [2.45, 2.75) is 13.5 Å². The molecular formula is C15H16FN3O. The Morgan fingerprint density at radius 2 is 2.00 bits per heavy atom. The number of benzene rings is 1. The molecule has 0 unspecified atom stereocenters. The molecule has 0 atom stereocenters. The minimum absolute atomic E-state index is 0.000874. The van der Waals surface area contributed by atoms with Crippen LogP contribution in [0.3, 0.4) is 0 Å². The Kier molecular flexibility index (Phi) is 3.98. The van der Waals surface area contributed by atoms with Gasteiger partial charge in [0.05, 0.1) is 5.56 Å². The van der Waals surface area contributed by atoms with Crippen LogP contribution in [0.2, 0.25) is 0 Å². The SMILES string of the molecule is Cc1cc(N)cc(C(=O)N(C)Cc2ccncc2)c1F. The van der Waals surface area contributed by atoms with E-state index in [0.717, 1.165) is 5.56 Å². The molecule has 2 rings (SSSR count). The predicted molar refractivity (Wildman–Crippen MR) is 75.6 cm³/mol. The van der Waals surface area contributed by atoms with E-state index in [1.165, 1.54) is 17.0 Å². The maximum absolute atomic E-state index is 14.0. The lowest BCUT2D eigenvalue weighted by Crippen LogP contribution is -2.27. The molecule has 0 aliphatic heterocycles. The minimum atomic E-state index is -0.522. The van der Waals surface area contributed by atoms with E-state index < -0.39 is 11.7 Å². The monoisotopic (exact) mass is 273 g/mol. The lowest BCUT2D eigenvalue weighted by atomic mass is 10.1. The maximum Gasteiger partial charge on any atom is 0.256 e. The summed E-state index contributed by atoms with van der Waals surface area (Å²) in [6.07, 6.45) is 3.30. The smallest absolute Gasteiger partial charge is 0.256 e.